The highest BCUT2D eigenvalue weighted by Gasteiger charge is 2.11. The zero-order valence-corrected chi connectivity index (χ0v) is 9.94. The summed E-state index contributed by atoms with van der Waals surface area (Å²) in [6, 6.07) is 0. The number of carboxylic acid groups (broad SMARTS) is 1. The average molecular weight is 264 g/mol. The van der Waals surface area contributed by atoms with E-state index in [9.17, 15) is 14.4 Å². The zero-order valence-electron chi connectivity index (χ0n) is 9.94. The zero-order chi connectivity index (χ0) is 13.8. The van der Waals surface area contributed by atoms with Gasteiger partial charge in [0.1, 0.15) is 5.56 Å². The second-order valence-corrected chi connectivity index (χ2v) is 3.95. The number of nitrogens with zero attached hydrogens (tertiary/aromatic N) is 3. The Bertz CT molecular complexity index is 683. The number of aryl methyl sites for hydroxylation is 2. The quantitative estimate of drug-likeness (QED) is 0.758. The Morgan fingerprint density at radius 3 is 2.79 bits per heavy atom. The van der Waals surface area contributed by atoms with Gasteiger partial charge in [-0.1, -0.05) is 0 Å². The molecule has 0 aliphatic rings. The van der Waals surface area contributed by atoms with Gasteiger partial charge >= 0.3 is 11.7 Å². The molecule has 0 unspecified atom stereocenters. The van der Waals surface area contributed by atoms with E-state index < -0.39 is 22.8 Å². The molecule has 2 aromatic heterocycles. The molecule has 2 aromatic rings. The molecule has 0 aromatic carbocycles. The van der Waals surface area contributed by atoms with E-state index in [0.717, 1.165) is 6.20 Å². The van der Waals surface area contributed by atoms with Crippen LogP contribution in [0.15, 0.2) is 34.5 Å². The summed E-state index contributed by atoms with van der Waals surface area (Å²) in [4.78, 5) is 39.4. The van der Waals surface area contributed by atoms with E-state index in [-0.39, 0.29) is 0 Å². The number of aromatic carboxylic acids is 1. The van der Waals surface area contributed by atoms with Gasteiger partial charge in [-0.05, 0) is 6.42 Å². The van der Waals surface area contributed by atoms with Crippen LogP contribution in [0.4, 0.5) is 0 Å². The monoisotopic (exact) mass is 264 g/mol. The lowest BCUT2D eigenvalue weighted by Gasteiger charge is -2.06. The third kappa shape index (κ3) is 2.97. The first-order valence-corrected chi connectivity index (χ1v) is 5.61. The van der Waals surface area contributed by atoms with Crippen LogP contribution >= 0.6 is 0 Å². The Morgan fingerprint density at radius 2 is 2.16 bits per heavy atom. The van der Waals surface area contributed by atoms with Crippen molar-refractivity contribution in [3.63, 3.8) is 0 Å². The smallest absolute Gasteiger partial charge is 0.342 e. The molecule has 8 nitrogen and oxygen atoms in total. The molecule has 8 heteroatoms. The first-order chi connectivity index (χ1) is 9.08. The predicted molar refractivity (Wildman–Crippen MR) is 65.1 cm³/mol. The van der Waals surface area contributed by atoms with Gasteiger partial charge < -0.3 is 9.67 Å². The van der Waals surface area contributed by atoms with Gasteiger partial charge in [-0.25, -0.2) is 14.6 Å². The summed E-state index contributed by atoms with van der Waals surface area (Å²) < 4.78 is 3.02. The van der Waals surface area contributed by atoms with E-state index in [4.69, 9.17) is 5.11 Å². The van der Waals surface area contributed by atoms with Crippen molar-refractivity contribution in [3.8, 4) is 0 Å². The van der Waals surface area contributed by atoms with Gasteiger partial charge in [0, 0.05) is 31.7 Å². The lowest BCUT2D eigenvalue weighted by Crippen LogP contribution is -2.33. The van der Waals surface area contributed by atoms with Crippen molar-refractivity contribution in [1.29, 1.82) is 0 Å². The number of carboxylic acids is 1. The molecule has 0 saturated heterocycles. The number of nitrogens with one attached hydrogen (secondary N) is 1. The lowest BCUT2D eigenvalue weighted by atomic mass is 10.3. The Labute approximate surface area is 107 Å². The van der Waals surface area contributed by atoms with Crippen molar-refractivity contribution in [1.82, 2.24) is 19.1 Å². The molecule has 0 aliphatic carbocycles. The maximum atomic E-state index is 11.5. The van der Waals surface area contributed by atoms with Crippen LogP contribution < -0.4 is 11.2 Å². The number of hydrogen-bond acceptors (Lipinski definition) is 4. The molecule has 0 fully saturated rings. The van der Waals surface area contributed by atoms with Gasteiger partial charge in [0.15, 0.2) is 0 Å². The third-order valence-corrected chi connectivity index (χ3v) is 2.62. The van der Waals surface area contributed by atoms with Crippen LogP contribution in [0.2, 0.25) is 0 Å². The minimum absolute atomic E-state index is 0.314. The van der Waals surface area contributed by atoms with E-state index in [2.05, 4.69) is 4.98 Å². The molecule has 19 heavy (non-hydrogen) atoms. The van der Waals surface area contributed by atoms with Crippen molar-refractivity contribution in [2.45, 2.75) is 19.5 Å². The number of rotatable bonds is 5. The fraction of sp³-hybridized carbons (Fsp3) is 0.273. The summed E-state index contributed by atoms with van der Waals surface area (Å²) >= 11 is 0. The number of carbonyl (C=O) groups is 1. The molecule has 0 saturated carbocycles. The van der Waals surface area contributed by atoms with Gasteiger partial charge in [0.05, 0.1) is 6.33 Å². The van der Waals surface area contributed by atoms with Crippen molar-refractivity contribution in [2.24, 2.45) is 0 Å². The van der Waals surface area contributed by atoms with Crippen LogP contribution in [0.3, 0.4) is 0 Å². The highest BCUT2D eigenvalue weighted by atomic mass is 16.4. The summed E-state index contributed by atoms with van der Waals surface area (Å²) in [6.45, 7) is 0.960. The van der Waals surface area contributed by atoms with Gasteiger partial charge in [0.2, 0.25) is 0 Å². The molecule has 0 spiro atoms. The van der Waals surface area contributed by atoms with E-state index in [1.54, 1.807) is 18.7 Å². The molecule has 0 atom stereocenters. The molecule has 100 valence electrons. The topological polar surface area (TPSA) is 110 Å². The largest absolute Gasteiger partial charge is 0.477 e. The lowest BCUT2D eigenvalue weighted by molar-refractivity contribution is 0.0693. The molecule has 0 bridgehead atoms. The van der Waals surface area contributed by atoms with Gasteiger partial charge in [-0.2, -0.15) is 0 Å². The number of imidazole rings is 1. The third-order valence-electron chi connectivity index (χ3n) is 2.62. The minimum Gasteiger partial charge on any atom is -0.477 e. The minimum atomic E-state index is -1.36. The summed E-state index contributed by atoms with van der Waals surface area (Å²) in [7, 11) is 0. The highest BCUT2D eigenvalue weighted by molar-refractivity contribution is 5.86. The van der Waals surface area contributed by atoms with Crippen molar-refractivity contribution < 1.29 is 9.90 Å². The molecule has 0 amide bonds. The molecular weight excluding hydrogens is 252 g/mol. The Hall–Kier alpha value is -2.64. The van der Waals surface area contributed by atoms with Crippen molar-refractivity contribution in [2.75, 3.05) is 0 Å². The maximum absolute atomic E-state index is 11.5. The normalized spacial score (nSPS) is 10.5. The SMILES string of the molecule is O=C(O)c1cn(CCCn2ccnc2)c(=O)[nH]c1=O. The Balaban J connectivity index is 2.12. The molecule has 0 aliphatic heterocycles. The summed E-state index contributed by atoms with van der Waals surface area (Å²) in [6.07, 6.45) is 6.77. The number of hydrogen-bond donors (Lipinski definition) is 2. The fourth-order valence-corrected chi connectivity index (χ4v) is 1.67. The van der Waals surface area contributed by atoms with Crippen LogP contribution in [-0.4, -0.2) is 30.2 Å². The Kier molecular flexibility index (Phi) is 3.60. The second kappa shape index (κ2) is 5.34. The first-order valence-electron chi connectivity index (χ1n) is 5.61. The predicted octanol–water partition coefficient (Wildman–Crippen LogP) is -0.478. The van der Waals surface area contributed by atoms with Gasteiger partial charge in [-0.15, -0.1) is 0 Å². The average Bonchev–Trinajstić information content (AvgIpc) is 2.84. The molecular formula is C11H12N4O4. The standard InChI is InChI=1S/C11H12N4O4/c16-9-8(10(17)18)6-15(11(19)13-9)4-1-3-14-5-2-12-7-14/h2,5-7H,1,3-4H2,(H,17,18)(H,13,16,19). The van der Waals surface area contributed by atoms with Gasteiger partial charge in [-0.3, -0.25) is 14.3 Å². The van der Waals surface area contributed by atoms with Crippen LogP contribution in [0.5, 0.6) is 0 Å². The van der Waals surface area contributed by atoms with E-state index in [0.29, 0.717) is 19.5 Å². The van der Waals surface area contributed by atoms with Crippen LogP contribution in [0.25, 0.3) is 0 Å². The van der Waals surface area contributed by atoms with Gasteiger partial charge in [0.25, 0.3) is 5.56 Å². The van der Waals surface area contributed by atoms with E-state index in [1.165, 1.54) is 4.57 Å². The first kappa shape index (κ1) is 12.8. The number of aromatic amines is 1. The number of H-pyrrole nitrogens is 1. The second-order valence-electron chi connectivity index (χ2n) is 3.95. The summed E-state index contributed by atoms with van der Waals surface area (Å²) in [5.74, 6) is -1.36. The fourth-order valence-electron chi connectivity index (χ4n) is 1.67. The molecule has 2 rings (SSSR count). The summed E-state index contributed by atoms with van der Waals surface area (Å²) in [5.41, 5.74) is -1.94. The van der Waals surface area contributed by atoms with Crippen molar-refractivity contribution in [3.05, 3.63) is 51.3 Å². The highest BCUT2D eigenvalue weighted by Crippen LogP contribution is 1.94. The van der Waals surface area contributed by atoms with E-state index in [1.807, 2.05) is 9.55 Å². The molecule has 0 radical (unpaired) electrons. The van der Waals surface area contributed by atoms with E-state index >= 15 is 0 Å². The van der Waals surface area contributed by atoms with Crippen LogP contribution in [0.1, 0.15) is 16.8 Å². The van der Waals surface area contributed by atoms with Crippen LogP contribution in [0, 0.1) is 0 Å². The van der Waals surface area contributed by atoms with Crippen molar-refractivity contribution >= 4 is 5.97 Å². The summed E-state index contributed by atoms with van der Waals surface area (Å²) in [5, 5.41) is 8.81. The van der Waals surface area contributed by atoms with Crippen LogP contribution in [-0.2, 0) is 13.1 Å². The Morgan fingerprint density at radius 1 is 1.37 bits per heavy atom. The molecule has 2 heterocycles. The maximum Gasteiger partial charge on any atom is 0.342 e. The molecule has 2 N–H and O–H groups in total. The number of aromatic nitrogens is 4.